The fourth-order valence-electron chi connectivity index (χ4n) is 4.02. The van der Waals surface area contributed by atoms with Crippen LogP contribution in [0.3, 0.4) is 0 Å². The van der Waals surface area contributed by atoms with E-state index in [-0.39, 0.29) is 0 Å². The molecule has 1 heteroatoms. The van der Waals surface area contributed by atoms with E-state index in [0.717, 1.165) is 6.42 Å². The Bertz CT molecular complexity index is 880. The molecule has 27 heavy (non-hydrogen) atoms. The third-order valence-electron chi connectivity index (χ3n) is 6.02. The second-order valence-electron chi connectivity index (χ2n) is 8.81. The van der Waals surface area contributed by atoms with Gasteiger partial charge in [-0.05, 0) is 65.3 Å². The maximum atomic E-state index is 2.36. The van der Waals surface area contributed by atoms with Gasteiger partial charge in [0.2, 0.25) is 0 Å². The number of rotatable bonds is 7. The molecule has 1 atom stereocenters. The lowest BCUT2D eigenvalue weighted by molar-refractivity contribution is 0.633. The van der Waals surface area contributed by atoms with Gasteiger partial charge in [-0.3, -0.25) is 0 Å². The van der Waals surface area contributed by atoms with Crippen LogP contribution < -0.4 is 0 Å². The average Bonchev–Trinajstić information content (AvgIpc) is 2.97. The SMILES string of the molecule is CC(C)c1ccc(C(C)CCCc2cn(C)c3cc(C(C)C)ccc23)cc1. The first-order chi connectivity index (χ1) is 12.9. The molecule has 0 fully saturated rings. The zero-order chi connectivity index (χ0) is 19.6. The van der Waals surface area contributed by atoms with Gasteiger partial charge in [0.15, 0.2) is 0 Å². The number of aryl methyl sites for hydroxylation is 2. The lowest BCUT2D eigenvalue weighted by Gasteiger charge is -2.13. The van der Waals surface area contributed by atoms with Gasteiger partial charge in [-0.2, -0.15) is 0 Å². The first-order valence-electron chi connectivity index (χ1n) is 10.5. The molecule has 2 aromatic carbocycles. The van der Waals surface area contributed by atoms with E-state index in [1.165, 1.54) is 46.0 Å². The van der Waals surface area contributed by atoms with Gasteiger partial charge in [0.25, 0.3) is 0 Å². The second kappa shape index (κ2) is 8.33. The third kappa shape index (κ3) is 4.46. The minimum Gasteiger partial charge on any atom is -0.350 e. The van der Waals surface area contributed by atoms with Crippen molar-refractivity contribution in [1.82, 2.24) is 4.57 Å². The van der Waals surface area contributed by atoms with Gasteiger partial charge in [0.1, 0.15) is 0 Å². The van der Waals surface area contributed by atoms with Crippen molar-refractivity contribution in [3.05, 3.63) is 70.9 Å². The van der Waals surface area contributed by atoms with Crippen molar-refractivity contribution in [2.75, 3.05) is 0 Å². The van der Waals surface area contributed by atoms with Gasteiger partial charge in [-0.25, -0.2) is 0 Å². The van der Waals surface area contributed by atoms with Crippen molar-refractivity contribution in [2.45, 2.75) is 71.6 Å². The molecule has 0 saturated heterocycles. The molecular formula is C26H35N. The van der Waals surface area contributed by atoms with Gasteiger partial charge in [0, 0.05) is 24.1 Å². The summed E-state index contributed by atoms with van der Waals surface area (Å²) < 4.78 is 2.30. The number of aromatic nitrogens is 1. The van der Waals surface area contributed by atoms with E-state index in [2.05, 4.69) is 94.9 Å². The highest BCUT2D eigenvalue weighted by atomic mass is 14.9. The summed E-state index contributed by atoms with van der Waals surface area (Å²) in [5, 5.41) is 1.43. The molecule has 0 N–H and O–H groups in total. The van der Waals surface area contributed by atoms with Crippen molar-refractivity contribution in [2.24, 2.45) is 7.05 Å². The van der Waals surface area contributed by atoms with E-state index in [9.17, 15) is 0 Å². The molecule has 0 aliphatic carbocycles. The van der Waals surface area contributed by atoms with Crippen LogP contribution in [0, 0.1) is 0 Å². The van der Waals surface area contributed by atoms with Crippen LogP contribution in [0.25, 0.3) is 10.9 Å². The number of nitrogens with zero attached hydrogens (tertiary/aromatic N) is 1. The smallest absolute Gasteiger partial charge is 0.0483 e. The van der Waals surface area contributed by atoms with Crippen LogP contribution in [0.1, 0.15) is 87.5 Å². The van der Waals surface area contributed by atoms with Gasteiger partial charge >= 0.3 is 0 Å². The molecular weight excluding hydrogens is 326 g/mol. The maximum Gasteiger partial charge on any atom is 0.0483 e. The maximum absolute atomic E-state index is 2.36. The van der Waals surface area contributed by atoms with E-state index in [4.69, 9.17) is 0 Å². The first-order valence-corrected chi connectivity index (χ1v) is 10.5. The Hall–Kier alpha value is -2.02. The molecule has 0 aliphatic rings. The molecule has 1 aromatic heterocycles. The van der Waals surface area contributed by atoms with Crippen molar-refractivity contribution in [3.63, 3.8) is 0 Å². The Labute approximate surface area is 165 Å². The van der Waals surface area contributed by atoms with Crippen LogP contribution in [0.4, 0.5) is 0 Å². The van der Waals surface area contributed by atoms with Gasteiger partial charge < -0.3 is 4.57 Å². The van der Waals surface area contributed by atoms with Crippen LogP contribution >= 0.6 is 0 Å². The summed E-state index contributed by atoms with van der Waals surface area (Å²) in [6.07, 6.45) is 5.96. The van der Waals surface area contributed by atoms with Crippen molar-refractivity contribution in [1.29, 1.82) is 0 Å². The predicted octanol–water partition coefficient (Wildman–Crippen LogP) is 7.55. The fraction of sp³-hybridized carbons (Fsp3) is 0.462. The number of benzene rings is 2. The quantitative estimate of drug-likeness (QED) is 0.409. The lowest BCUT2D eigenvalue weighted by Crippen LogP contribution is -1.96. The molecule has 0 bridgehead atoms. The molecule has 0 saturated carbocycles. The van der Waals surface area contributed by atoms with E-state index < -0.39 is 0 Å². The Kier molecular flexibility index (Phi) is 6.09. The summed E-state index contributed by atoms with van der Waals surface area (Å²) in [5.74, 6) is 1.81. The summed E-state index contributed by atoms with van der Waals surface area (Å²) in [6, 6.07) is 16.2. The average molecular weight is 362 g/mol. The Morgan fingerprint density at radius 1 is 0.778 bits per heavy atom. The highest BCUT2D eigenvalue weighted by molar-refractivity contribution is 5.84. The van der Waals surface area contributed by atoms with Crippen LogP contribution in [0.5, 0.6) is 0 Å². The molecule has 0 spiro atoms. The fourth-order valence-corrected chi connectivity index (χ4v) is 4.02. The Morgan fingerprint density at radius 3 is 2.00 bits per heavy atom. The summed E-state index contributed by atoms with van der Waals surface area (Å²) in [7, 11) is 2.18. The largest absolute Gasteiger partial charge is 0.350 e. The number of hydrogen-bond acceptors (Lipinski definition) is 0. The summed E-state index contributed by atoms with van der Waals surface area (Å²) >= 11 is 0. The molecule has 0 aliphatic heterocycles. The molecule has 1 heterocycles. The third-order valence-corrected chi connectivity index (χ3v) is 6.02. The van der Waals surface area contributed by atoms with Crippen LogP contribution in [-0.2, 0) is 13.5 Å². The molecule has 144 valence electrons. The van der Waals surface area contributed by atoms with E-state index in [1.54, 1.807) is 0 Å². The normalized spacial score (nSPS) is 13.0. The minimum atomic E-state index is 0.579. The van der Waals surface area contributed by atoms with Crippen molar-refractivity contribution >= 4 is 10.9 Å². The topological polar surface area (TPSA) is 4.93 Å². The molecule has 0 amide bonds. The molecule has 1 nitrogen and oxygen atoms in total. The first kappa shape index (κ1) is 19.7. The van der Waals surface area contributed by atoms with E-state index >= 15 is 0 Å². The summed E-state index contributed by atoms with van der Waals surface area (Å²) in [4.78, 5) is 0. The van der Waals surface area contributed by atoms with Crippen LogP contribution in [0.2, 0.25) is 0 Å². The molecule has 3 rings (SSSR count). The van der Waals surface area contributed by atoms with Crippen molar-refractivity contribution < 1.29 is 0 Å². The number of hydrogen-bond donors (Lipinski definition) is 0. The van der Waals surface area contributed by atoms with Gasteiger partial charge in [0.05, 0.1) is 0 Å². The van der Waals surface area contributed by atoms with Gasteiger partial charge in [-0.15, -0.1) is 0 Å². The lowest BCUT2D eigenvalue weighted by atomic mass is 9.92. The van der Waals surface area contributed by atoms with E-state index in [1.807, 2.05) is 0 Å². The molecule has 1 unspecified atom stereocenters. The van der Waals surface area contributed by atoms with Crippen LogP contribution in [-0.4, -0.2) is 4.57 Å². The monoisotopic (exact) mass is 361 g/mol. The highest BCUT2D eigenvalue weighted by Crippen LogP contribution is 2.28. The Balaban J connectivity index is 1.64. The zero-order valence-corrected chi connectivity index (χ0v) is 17.9. The second-order valence-corrected chi connectivity index (χ2v) is 8.81. The number of fused-ring (bicyclic) bond motifs is 1. The Morgan fingerprint density at radius 2 is 1.37 bits per heavy atom. The standard InChI is InChI=1S/C26H35N/c1-18(2)21-10-12-22(13-11-21)20(5)8-7-9-24-17-27(6)26-16-23(19(3)4)14-15-25(24)26/h10-20H,7-9H2,1-6H3. The molecule has 3 aromatic rings. The summed E-state index contributed by atoms with van der Waals surface area (Å²) in [6.45, 7) is 11.4. The van der Waals surface area contributed by atoms with Crippen LogP contribution in [0.15, 0.2) is 48.7 Å². The van der Waals surface area contributed by atoms with Crippen molar-refractivity contribution in [3.8, 4) is 0 Å². The minimum absolute atomic E-state index is 0.579. The molecule has 0 radical (unpaired) electrons. The van der Waals surface area contributed by atoms with Gasteiger partial charge in [-0.1, -0.05) is 71.0 Å². The zero-order valence-electron chi connectivity index (χ0n) is 17.9. The predicted molar refractivity (Wildman–Crippen MR) is 119 cm³/mol. The summed E-state index contributed by atoms with van der Waals surface area (Å²) in [5.41, 5.74) is 7.19. The van der Waals surface area contributed by atoms with E-state index in [0.29, 0.717) is 17.8 Å². The highest BCUT2D eigenvalue weighted by Gasteiger charge is 2.11.